The minimum absolute atomic E-state index is 0.143. The van der Waals surface area contributed by atoms with Crippen LogP contribution < -0.4 is 20.1 Å². The van der Waals surface area contributed by atoms with Gasteiger partial charge in [-0.15, -0.1) is 17.9 Å². The summed E-state index contributed by atoms with van der Waals surface area (Å²) in [5.41, 5.74) is 5.20. The summed E-state index contributed by atoms with van der Waals surface area (Å²) in [6.07, 6.45) is 11.7. The molecule has 37 heavy (non-hydrogen) atoms. The summed E-state index contributed by atoms with van der Waals surface area (Å²) >= 11 is 1.16. The first kappa shape index (κ1) is 25.2. The third-order valence-electron chi connectivity index (χ3n) is 6.99. The zero-order chi connectivity index (χ0) is 26.2. The van der Waals surface area contributed by atoms with Crippen LogP contribution in [0, 0.1) is 13.8 Å². The SMILES string of the molecule is C=CC1CN(Cc2ccc3c(c2)=CCCC=3)c2c(/C=C/C(=O)NS(=O)(=O)c3cc(C)c(C)s3)cccc21. The van der Waals surface area contributed by atoms with Gasteiger partial charge >= 0.3 is 0 Å². The van der Waals surface area contributed by atoms with Crippen molar-refractivity contribution in [3.05, 3.63) is 98.8 Å². The second kappa shape index (κ2) is 10.1. The van der Waals surface area contributed by atoms with Gasteiger partial charge in [0.05, 0.1) is 0 Å². The van der Waals surface area contributed by atoms with E-state index in [9.17, 15) is 13.2 Å². The summed E-state index contributed by atoms with van der Waals surface area (Å²) in [6, 6.07) is 14.2. The maximum Gasteiger partial charge on any atom is 0.273 e. The fraction of sp³-hybridized carbons (Fsp3) is 0.233. The van der Waals surface area contributed by atoms with Gasteiger partial charge in [-0.05, 0) is 77.6 Å². The molecule has 0 radical (unpaired) electrons. The molecule has 0 saturated carbocycles. The smallest absolute Gasteiger partial charge is 0.273 e. The molecule has 7 heteroatoms. The number of nitrogens with one attached hydrogen (secondary N) is 1. The molecule has 0 spiro atoms. The number of carbonyl (C=O) groups excluding carboxylic acids is 1. The molecule has 2 aliphatic rings. The molecule has 1 aromatic heterocycles. The lowest BCUT2D eigenvalue weighted by atomic mass is 9.99. The highest BCUT2D eigenvalue weighted by Crippen LogP contribution is 2.40. The van der Waals surface area contributed by atoms with E-state index >= 15 is 0 Å². The molecule has 190 valence electrons. The highest BCUT2D eigenvalue weighted by molar-refractivity contribution is 7.92. The van der Waals surface area contributed by atoms with Crippen LogP contribution in [0.5, 0.6) is 0 Å². The zero-order valence-electron chi connectivity index (χ0n) is 21.0. The second-order valence-electron chi connectivity index (χ2n) is 9.56. The zero-order valence-corrected chi connectivity index (χ0v) is 22.7. The van der Waals surface area contributed by atoms with Gasteiger partial charge in [0.2, 0.25) is 0 Å². The first-order valence-corrected chi connectivity index (χ1v) is 14.7. The van der Waals surface area contributed by atoms with Crippen molar-refractivity contribution in [2.45, 2.75) is 43.4 Å². The number of hydrogen-bond acceptors (Lipinski definition) is 5. The first-order valence-electron chi connectivity index (χ1n) is 12.4. The van der Waals surface area contributed by atoms with Crippen molar-refractivity contribution in [2.75, 3.05) is 11.4 Å². The Morgan fingerprint density at radius 2 is 1.92 bits per heavy atom. The number of nitrogens with zero attached hydrogens (tertiary/aromatic N) is 1. The number of aryl methyl sites for hydroxylation is 2. The van der Waals surface area contributed by atoms with Gasteiger partial charge in [-0.25, -0.2) is 13.1 Å². The van der Waals surface area contributed by atoms with Crippen molar-refractivity contribution in [3.63, 3.8) is 0 Å². The Balaban J connectivity index is 1.40. The van der Waals surface area contributed by atoms with Crippen LogP contribution in [0.2, 0.25) is 0 Å². The largest absolute Gasteiger partial charge is 0.366 e. The topological polar surface area (TPSA) is 66.5 Å². The molecule has 1 atom stereocenters. The summed E-state index contributed by atoms with van der Waals surface area (Å²) in [7, 11) is -3.91. The predicted octanol–water partition coefficient (Wildman–Crippen LogP) is 4.53. The lowest BCUT2D eigenvalue weighted by molar-refractivity contribution is -0.114. The quantitative estimate of drug-likeness (QED) is 0.360. The molecular weight excluding hydrogens is 500 g/mol. The van der Waals surface area contributed by atoms with Gasteiger partial charge in [-0.1, -0.05) is 48.6 Å². The standard InChI is InChI=1S/C30H30N2O3S2/c1-4-23-19-32(18-22-12-13-24-8-5-6-9-26(24)17-22)30-25(10-7-11-27(23)30)14-15-28(33)31-37(34,35)29-16-20(2)21(3)36-29/h4,7-17,23H,1,5-6,18-19H2,2-3H3,(H,31,33)/b15-14+. The van der Waals surface area contributed by atoms with Crippen LogP contribution >= 0.6 is 11.3 Å². The number of rotatable bonds is 7. The molecule has 1 aliphatic heterocycles. The van der Waals surface area contributed by atoms with Crippen LogP contribution in [-0.4, -0.2) is 20.9 Å². The summed E-state index contributed by atoms with van der Waals surface area (Å²) in [6.45, 7) is 9.29. The van der Waals surface area contributed by atoms with Crippen molar-refractivity contribution in [2.24, 2.45) is 0 Å². The van der Waals surface area contributed by atoms with Gasteiger partial charge in [0.25, 0.3) is 15.9 Å². The van der Waals surface area contributed by atoms with E-state index in [-0.39, 0.29) is 10.1 Å². The number of benzene rings is 2. The first-order chi connectivity index (χ1) is 17.7. The molecule has 0 saturated heterocycles. The average Bonchev–Trinajstić information content (AvgIpc) is 3.42. The monoisotopic (exact) mass is 530 g/mol. The van der Waals surface area contributed by atoms with Crippen molar-refractivity contribution >= 4 is 51.2 Å². The maximum absolute atomic E-state index is 12.7. The van der Waals surface area contributed by atoms with Gasteiger partial charge in [0, 0.05) is 35.6 Å². The van der Waals surface area contributed by atoms with E-state index in [1.807, 2.05) is 32.1 Å². The lowest BCUT2D eigenvalue weighted by Crippen LogP contribution is -2.29. The normalized spacial score (nSPS) is 16.6. The fourth-order valence-electron chi connectivity index (χ4n) is 4.99. The number of anilines is 1. The van der Waals surface area contributed by atoms with Gasteiger partial charge in [-0.2, -0.15) is 0 Å². The minimum atomic E-state index is -3.91. The van der Waals surface area contributed by atoms with Crippen molar-refractivity contribution in [1.82, 2.24) is 4.72 Å². The highest BCUT2D eigenvalue weighted by Gasteiger charge is 2.28. The summed E-state index contributed by atoms with van der Waals surface area (Å²) < 4.78 is 27.6. The molecule has 1 amide bonds. The van der Waals surface area contributed by atoms with Crippen LogP contribution in [0.3, 0.4) is 0 Å². The Hall–Kier alpha value is -3.42. The van der Waals surface area contributed by atoms with Crippen LogP contribution in [0.4, 0.5) is 5.69 Å². The molecular formula is C30H30N2O3S2. The van der Waals surface area contributed by atoms with Gasteiger partial charge in [-0.3, -0.25) is 4.79 Å². The van der Waals surface area contributed by atoms with E-state index in [2.05, 4.69) is 52.6 Å². The minimum Gasteiger partial charge on any atom is -0.366 e. The molecule has 5 rings (SSSR count). The van der Waals surface area contributed by atoms with Crippen LogP contribution in [0.15, 0.2) is 65.4 Å². The van der Waals surface area contributed by atoms with Crippen LogP contribution in [-0.2, 0) is 21.4 Å². The molecule has 0 fully saturated rings. The maximum atomic E-state index is 12.7. The Labute approximate surface area is 222 Å². The van der Waals surface area contributed by atoms with E-state index in [0.717, 1.165) is 64.5 Å². The van der Waals surface area contributed by atoms with Crippen LogP contribution in [0.25, 0.3) is 18.2 Å². The molecule has 1 aliphatic carbocycles. The second-order valence-corrected chi connectivity index (χ2v) is 12.7. The van der Waals surface area contributed by atoms with Gasteiger partial charge in [0.1, 0.15) is 4.21 Å². The Morgan fingerprint density at radius 3 is 2.65 bits per heavy atom. The third kappa shape index (κ3) is 5.20. The van der Waals surface area contributed by atoms with Gasteiger partial charge < -0.3 is 4.90 Å². The number of hydrogen-bond donors (Lipinski definition) is 1. The molecule has 5 nitrogen and oxygen atoms in total. The number of para-hydroxylation sites is 1. The number of sulfonamides is 1. The number of fused-ring (bicyclic) bond motifs is 2. The number of carbonyl (C=O) groups is 1. The molecule has 1 N–H and O–H groups in total. The van der Waals surface area contributed by atoms with Crippen molar-refractivity contribution in [1.29, 1.82) is 0 Å². The van der Waals surface area contributed by atoms with E-state index in [0.29, 0.717) is 0 Å². The Bertz CT molecular complexity index is 1630. The lowest BCUT2D eigenvalue weighted by Gasteiger charge is -2.22. The molecule has 2 heterocycles. The Morgan fingerprint density at radius 1 is 1.14 bits per heavy atom. The average molecular weight is 531 g/mol. The summed E-state index contributed by atoms with van der Waals surface area (Å²) in [4.78, 5) is 15.9. The predicted molar refractivity (Wildman–Crippen MR) is 152 cm³/mol. The molecule has 3 aromatic rings. The molecule has 2 aromatic carbocycles. The summed E-state index contributed by atoms with van der Waals surface area (Å²) in [5, 5.41) is 2.57. The molecule has 0 bridgehead atoms. The van der Waals surface area contributed by atoms with Crippen molar-refractivity contribution in [3.8, 4) is 0 Å². The van der Waals surface area contributed by atoms with Crippen LogP contribution in [0.1, 0.15) is 45.9 Å². The highest BCUT2D eigenvalue weighted by atomic mass is 32.2. The van der Waals surface area contributed by atoms with Crippen molar-refractivity contribution < 1.29 is 13.2 Å². The van der Waals surface area contributed by atoms with E-state index in [4.69, 9.17) is 0 Å². The van der Waals surface area contributed by atoms with E-state index < -0.39 is 15.9 Å². The van der Waals surface area contributed by atoms with E-state index in [1.165, 1.54) is 22.1 Å². The van der Waals surface area contributed by atoms with Gasteiger partial charge in [0.15, 0.2) is 0 Å². The summed E-state index contributed by atoms with van der Waals surface area (Å²) in [5.74, 6) is -0.493. The fourth-order valence-corrected chi connectivity index (χ4v) is 7.45. The number of thiophene rings is 1. The van der Waals surface area contributed by atoms with E-state index in [1.54, 1.807) is 12.1 Å². The Kier molecular flexibility index (Phi) is 6.92. The third-order valence-corrected chi connectivity index (χ3v) is 9.97. The number of amides is 1. The molecule has 1 unspecified atom stereocenters.